The molecule has 5 nitrogen and oxygen atoms in total. The molecule has 0 aliphatic rings. The molecule has 2 rings (SSSR count). The molecule has 0 saturated carbocycles. The van der Waals surface area contributed by atoms with Crippen molar-refractivity contribution in [3.05, 3.63) is 36.0 Å². The molecule has 1 amide bonds. The van der Waals surface area contributed by atoms with Crippen LogP contribution in [0.2, 0.25) is 0 Å². The van der Waals surface area contributed by atoms with Gasteiger partial charge in [0.2, 0.25) is 0 Å². The van der Waals surface area contributed by atoms with Crippen LogP contribution in [0, 0.1) is 0 Å². The van der Waals surface area contributed by atoms with E-state index in [-0.39, 0.29) is 11.9 Å². The maximum absolute atomic E-state index is 13.0. The fraction of sp³-hybridized carbons (Fsp3) is 0.500. The Bertz CT molecular complexity index is 661. The number of aliphatic hydroxyl groups excluding tert-OH is 1. The molecule has 1 N–H and O–H groups in total. The third-order valence-corrected chi connectivity index (χ3v) is 3.89. The molecular weight excluding hydrogens is 292 g/mol. The third kappa shape index (κ3) is 3.92. The van der Waals surface area contributed by atoms with Gasteiger partial charge >= 0.3 is 0 Å². The van der Waals surface area contributed by atoms with Crippen molar-refractivity contribution in [1.29, 1.82) is 0 Å². The summed E-state index contributed by atoms with van der Waals surface area (Å²) < 4.78 is 7.18. The molecule has 2 aromatic rings. The van der Waals surface area contributed by atoms with Crippen molar-refractivity contribution in [1.82, 2.24) is 9.47 Å². The minimum absolute atomic E-state index is 0.0194. The van der Waals surface area contributed by atoms with Crippen LogP contribution in [0.5, 0.6) is 0 Å². The Hall–Kier alpha value is -1.85. The number of hydrogen-bond donors (Lipinski definition) is 1. The Balaban J connectivity index is 2.45. The van der Waals surface area contributed by atoms with Crippen molar-refractivity contribution < 1.29 is 14.6 Å². The average Bonchev–Trinajstić information content (AvgIpc) is 2.88. The molecule has 0 saturated heterocycles. The molecule has 23 heavy (non-hydrogen) atoms. The lowest BCUT2D eigenvalue weighted by atomic mass is 10.2. The number of hydrogen-bond acceptors (Lipinski definition) is 3. The van der Waals surface area contributed by atoms with Crippen molar-refractivity contribution in [3.63, 3.8) is 0 Å². The van der Waals surface area contributed by atoms with Gasteiger partial charge in [-0.3, -0.25) is 4.79 Å². The van der Waals surface area contributed by atoms with Gasteiger partial charge in [0, 0.05) is 37.1 Å². The average molecular weight is 318 g/mol. The van der Waals surface area contributed by atoms with E-state index in [0.717, 1.165) is 10.9 Å². The summed E-state index contributed by atoms with van der Waals surface area (Å²) in [4.78, 5) is 14.7. The molecule has 0 fully saturated rings. The predicted octanol–water partition coefficient (Wildman–Crippen LogP) is 2.52. The maximum Gasteiger partial charge on any atom is 0.270 e. The van der Waals surface area contributed by atoms with Crippen molar-refractivity contribution in [2.45, 2.75) is 39.5 Å². The number of carbonyl (C=O) groups excluding carboxylic acids is 1. The van der Waals surface area contributed by atoms with E-state index < -0.39 is 6.10 Å². The first kappa shape index (κ1) is 17.5. The smallest absolute Gasteiger partial charge is 0.270 e. The van der Waals surface area contributed by atoms with Gasteiger partial charge in [-0.1, -0.05) is 18.2 Å². The largest absolute Gasteiger partial charge is 0.392 e. The second kappa shape index (κ2) is 7.62. The summed E-state index contributed by atoms with van der Waals surface area (Å²) in [6, 6.07) is 9.89. The standard InChI is InChI=1S/C18H26N2O3/c1-13(2)20(12-14(3)21)18(22)17-11-15-7-5-6-8-16(15)19(17)9-10-23-4/h5-8,11,13-14,21H,9-10,12H2,1-4H3. The van der Waals surface area contributed by atoms with Gasteiger partial charge in [-0.25, -0.2) is 0 Å². The van der Waals surface area contributed by atoms with Crippen LogP contribution in [0.4, 0.5) is 0 Å². The highest BCUT2D eigenvalue weighted by molar-refractivity contribution is 5.99. The fourth-order valence-corrected chi connectivity index (χ4v) is 2.77. The molecule has 1 aromatic carbocycles. The van der Waals surface area contributed by atoms with Crippen LogP contribution in [0.3, 0.4) is 0 Å². The zero-order valence-corrected chi connectivity index (χ0v) is 14.3. The number of aromatic nitrogens is 1. The number of methoxy groups -OCH3 is 1. The van der Waals surface area contributed by atoms with E-state index in [4.69, 9.17) is 4.74 Å². The Labute approximate surface area is 137 Å². The van der Waals surface area contributed by atoms with Crippen LogP contribution < -0.4 is 0 Å². The lowest BCUT2D eigenvalue weighted by Gasteiger charge is -2.28. The van der Waals surface area contributed by atoms with Gasteiger partial charge in [0.25, 0.3) is 5.91 Å². The summed E-state index contributed by atoms with van der Waals surface area (Å²) in [5, 5.41) is 10.7. The van der Waals surface area contributed by atoms with E-state index in [9.17, 15) is 9.90 Å². The molecule has 0 bridgehead atoms. The number of amides is 1. The molecule has 0 spiro atoms. The SMILES string of the molecule is COCCn1c(C(=O)N(CC(C)O)C(C)C)cc2ccccc21. The number of para-hydroxylation sites is 1. The quantitative estimate of drug-likeness (QED) is 0.853. The summed E-state index contributed by atoms with van der Waals surface area (Å²) in [7, 11) is 1.65. The number of rotatable bonds is 7. The van der Waals surface area contributed by atoms with E-state index in [2.05, 4.69) is 0 Å². The van der Waals surface area contributed by atoms with Crippen LogP contribution in [0.15, 0.2) is 30.3 Å². The predicted molar refractivity (Wildman–Crippen MR) is 91.7 cm³/mol. The van der Waals surface area contributed by atoms with Gasteiger partial charge in [-0.05, 0) is 32.9 Å². The molecule has 1 atom stereocenters. The maximum atomic E-state index is 13.0. The molecule has 126 valence electrons. The molecule has 0 aliphatic carbocycles. The van der Waals surface area contributed by atoms with Crippen molar-refractivity contribution in [2.24, 2.45) is 0 Å². The van der Waals surface area contributed by atoms with Crippen LogP contribution in [0.25, 0.3) is 10.9 Å². The molecule has 5 heteroatoms. The first-order valence-electron chi connectivity index (χ1n) is 8.02. The Kier molecular flexibility index (Phi) is 5.80. The van der Waals surface area contributed by atoms with Crippen molar-refractivity contribution >= 4 is 16.8 Å². The number of nitrogens with zero attached hydrogens (tertiary/aromatic N) is 2. The number of carbonyl (C=O) groups is 1. The number of fused-ring (bicyclic) bond motifs is 1. The Morgan fingerprint density at radius 3 is 2.61 bits per heavy atom. The zero-order chi connectivity index (χ0) is 17.0. The number of benzene rings is 1. The van der Waals surface area contributed by atoms with E-state index in [0.29, 0.717) is 25.4 Å². The van der Waals surface area contributed by atoms with E-state index in [1.165, 1.54) is 0 Å². The molecular formula is C18H26N2O3. The second-order valence-corrected chi connectivity index (χ2v) is 6.13. The highest BCUT2D eigenvalue weighted by atomic mass is 16.5. The minimum atomic E-state index is -0.557. The topological polar surface area (TPSA) is 54.7 Å². The van der Waals surface area contributed by atoms with Gasteiger partial charge in [0.05, 0.1) is 12.7 Å². The van der Waals surface area contributed by atoms with Gasteiger partial charge in [0.15, 0.2) is 0 Å². The lowest BCUT2D eigenvalue weighted by molar-refractivity contribution is 0.0567. The first-order valence-corrected chi connectivity index (χ1v) is 8.02. The summed E-state index contributed by atoms with van der Waals surface area (Å²) in [5.41, 5.74) is 1.66. The van der Waals surface area contributed by atoms with E-state index in [1.54, 1.807) is 18.9 Å². The van der Waals surface area contributed by atoms with E-state index >= 15 is 0 Å². The van der Waals surface area contributed by atoms with Gasteiger partial charge < -0.3 is 19.3 Å². The van der Waals surface area contributed by atoms with E-state index in [1.807, 2.05) is 48.7 Å². The Morgan fingerprint density at radius 2 is 2.00 bits per heavy atom. The Morgan fingerprint density at radius 1 is 1.30 bits per heavy atom. The van der Waals surface area contributed by atoms with Gasteiger partial charge in [-0.2, -0.15) is 0 Å². The van der Waals surface area contributed by atoms with Crippen LogP contribution in [-0.4, -0.2) is 52.9 Å². The molecule has 0 aliphatic heterocycles. The lowest BCUT2D eigenvalue weighted by Crippen LogP contribution is -2.42. The molecule has 1 heterocycles. The monoisotopic (exact) mass is 318 g/mol. The zero-order valence-electron chi connectivity index (χ0n) is 14.3. The number of aliphatic hydroxyl groups is 1. The summed E-state index contributed by atoms with van der Waals surface area (Å²) >= 11 is 0. The van der Waals surface area contributed by atoms with Crippen LogP contribution >= 0.6 is 0 Å². The molecule has 1 aromatic heterocycles. The molecule has 0 radical (unpaired) electrons. The number of ether oxygens (including phenoxy) is 1. The summed E-state index contributed by atoms with van der Waals surface area (Å²) in [6.45, 7) is 7.10. The first-order chi connectivity index (χ1) is 11.0. The summed E-state index contributed by atoms with van der Waals surface area (Å²) in [5.74, 6) is -0.0618. The van der Waals surface area contributed by atoms with Crippen molar-refractivity contribution in [3.8, 4) is 0 Å². The molecule has 1 unspecified atom stereocenters. The highest BCUT2D eigenvalue weighted by Crippen LogP contribution is 2.22. The normalized spacial score (nSPS) is 12.8. The third-order valence-electron chi connectivity index (χ3n) is 3.89. The minimum Gasteiger partial charge on any atom is -0.392 e. The van der Waals surface area contributed by atoms with Crippen molar-refractivity contribution in [2.75, 3.05) is 20.3 Å². The van der Waals surface area contributed by atoms with Gasteiger partial charge in [0.1, 0.15) is 5.69 Å². The van der Waals surface area contributed by atoms with Gasteiger partial charge in [-0.15, -0.1) is 0 Å². The highest BCUT2D eigenvalue weighted by Gasteiger charge is 2.24. The summed E-state index contributed by atoms with van der Waals surface area (Å²) in [6.07, 6.45) is -0.557. The fourth-order valence-electron chi connectivity index (χ4n) is 2.77. The van der Waals surface area contributed by atoms with Crippen LogP contribution in [-0.2, 0) is 11.3 Å². The van der Waals surface area contributed by atoms with Crippen LogP contribution in [0.1, 0.15) is 31.3 Å². The second-order valence-electron chi connectivity index (χ2n) is 6.13.